The van der Waals surface area contributed by atoms with Gasteiger partial charge < -0.3 is 4.74 Å². The Bertz CT molecular complexity index is 714. The molecule has 0 aromatic heterocycles. The van der Waals surface area contributed by atoms with Crippen molar-refractivity contribution in [1.82, 2.24) is 0 Å². The van der Waals surface area contributed by atoms with E-state index < -0.39 is 0 Å². The summed E-state index contributed by atoms with van der Waals surface area (Å²) in [7, 11) is 0. The van der Waals surface area contributed by atoms with Crippen molar-refractivity contribution in [2.45, 2.75) is 124 Å². The molecule has 4 rings (SSSR count). The predicted molar refractivity (Wildman–Crippen MR) is 146 cm³/mol. The smallest absolute Gasteiger partial charge is 0.306 e. The fraction of sp³-hybridized carbons (Fsp3) is 0.900. The molecule has 0 bridgehead atoms. The number of alkyl halides is 1. The van der Waals surface area contributed by atoms with Gasteiger partial charge in [0.1, 0.15) is 6.10 Å². The van der Waals surface area contributed by atoms with Crippen LogP contribution in [0.15, 0.2) is 11.6 Å². The molecule has 3 saturated carbocycles. The minimum Gasteiger partial charge on any atom is -0.462 e. The number of esters is 1. The molecule has 0 saturated heterocycles. The van der Waals surface area contributed by atoms with E-state index in [1.165, 1.54) is 64.2 Å². The summed E-state index contributed by atoms with van der Waals surface area (Å²) in [5, 5.41) is 0. The van der Waals surface area contributed by atoms with E-state index >= 15 is 0 Å². The second kappa shape index (κ2) is 10.9. The summed E-state index contributed by atoms with van der Waals surface area (Å²) in [5.41, 5.74) is 2.57. The monoisotopic (exact) mass is 568 g/mol. The van der Waals surface area contributed by atoms with Crippen molar-refractivity contribution in [2.75, 3.05) is 4.43 Å². The van der Waals surface area contributed by atoms with Crippen LogP contribution in [-0.4, -0.2) is 16.5 Å². The van der Waals surface area contributed by atoms with Gasteiger partial charge in [-0.1, -0.05) is 81.2 Å². The third kappa shape index (κ3) is 5.38. The summed E-state index contributed by atoms with van der Waals surface area (Å²) in [6, 6.07) is 0. The molecule has 188 valence electrons. The first kappa shape index (κ1) is 26.0. The normalized spacial score (nSPS) is 40.1. The largest absolute Gasteiger partial charge is 0.462 e. The predicted octanol–water partition coefficient (Wildman–Crippen LogP) is 8.91. The number of carbonyl (C=O) groups excluding carboxylic acids is 1. The Morgan fingerprint density at radius 2 is 1.91 bits per heavy atom. The van der Waals surface area contributed by atoms with Crippen molar-refractivity contribution in [3.63, 3.8) is 0 Å². The maximum atomic E-state index is 12.2. The molecule has 0 radical (unpaired) electrons. The lowest BCUT2D eigenvalue weighted by molar-refractivity contribution is -0.151. The minimum atomic E-state index is 0.0216. The van der Waals surface area contributed by atoms with Crippen LogP contribution in [0.1, 0.15) is 118 Å². The van der Waals surface area contributed by atoms with Gasteiger partial charge in [-0.05, 0) is 98.2 Å². The zero-order valence-corrected chi connectivity index (χ0v) is 24.0. The number of unbranched alkanes of at least 4 members (excludes halogenated alkanes) is 1. The minimum absolute atomic E-state index is 0.0216. The number of hydrogen-bond donors (Lipinski definition) is 0. The van der Waals surface area contributed by atoms with Crippen LogP contribution in [0.5, 0.6) is 0 Å². The molecule has 0 aromatic carbocycles. The van der Waals surface area contributed by atoms with Crippen LogP contribution >= 0.6 is 22.6 Å². The first-order valence-electron chi connectivity index (χ1n) is 14.2. The lowest BCUT2D eigenvalue weighted by Gasteiger charge is -2.58. The maximum absolute atomic E-state index is 12.2. The highest BCUT2D eigenvalue weighted by Gasteiger charge is 2.58. The van der Waals surface area contributed by atoms with Crippen LogP contribution in [-0.2, 0) is 9.53 Å². The van der Waals surface area contributed by atoms with E-state index in [0.29, 0.717) is 17.3 Å². The van der Waals surface area contributed by atoms with E-state index in [4.69, 9.17) is 4.74 Å². The Morgan fingerprint density at radius 3 is 2.67 bits per heavy atom. The highest BCUT2D eigenvalue weighted by atomic mass is 127. The molecule has 3 fully saturated rings. The fourth-order valence-electron chi connectivity index (χ4n) is 8.71. The number of halogens is 1. The second-order valence-electron chi connectivity index (χ2n) is 12.9. The molecule has 0 heterocycles. The summed E-state index contributed by atoms with van der Waals surface area (Å²) in [4.78, 5) is 12.2. The maximum Gasteiger partial charge on any atom is 0.306 e. The second-order valence-corrected chi connectivity index (χ2v) is 14.0. The van der Waals surface area contributed by atoms with Crippen LogP contribution < -0.4 is 0 Å². The van der Waals surface area contributed by atoms with Gasteiger partial charge in [0.05, 0.1) is 0 Å². The van der Waals surface area contributed by atoms with E-state index in [-0.39, 0.29) is 12.1 Å². The molecule has 0 N–H and O–H groups in total. The van der Waals surface area contributed by atoms with Gasteiger partial charge in [-0.15, -0.1) is 0 Å². The number of ether oxygens (including phenoxy) is 1. The SMILES string of the molecule is CC(C)CCCC[C@H]1CCC2[C@@H]3CC=C4CC(OC(=O)CCCI)CC[C@]4(C)C3CC[C@@]21C. The Kier molecular flexibility index (Phi) is 8.60. The third-order valence-electron chi connectivity index (χ3n) is 10.7. The zero-order chi connectivity index (χ0) is 23.6. The molecule has 0 aliphatic heterocycles. The molecule has 3 heteroatoms. The van der Waals surface area contributed by atoms with Crippen LogP contribution in [0.25, 0.3) is 0 Å². The molecular weight excluding hydrogens is 519 g/mol. The molecule has 0 amide bonds. The first-order valence-corrected chi connectivity index (χ1v) is 15.8. The Labute approximate surface area is 217 Å². The Hall–Kier alpha value is -0.0600. The van der Waals surface area contributed by atoms with Crippen molar-refractivity contribution in [3.05, 3.63) is 11.6 Å². The lowest BCUT2D eigenvalue weighted by Crippen LogP contribution is -2.50. The first-order chi connectivity index (χ1) is 15.8. The van der Waals surface area contributed by atoms with Crippen molar-refractivity contribution in [2.24, 2.45) is 40.4 Å². The van der Waals surface area contributed by atoms with Gasteiger partial charge in [0.15, 0.2) is 0 Å². The van der Waals surface area contributed by atoms with Gasteiger partial charge in [0.2, 0.25) is 0 Å². The van der Waals surface area contributed by atoms with E-state index in [1.807, 2.05) is 0 Å². The summed E-state index contributed by atoms with van der Waals surface area (Å²) in [6.07, 6.45) is 20.4. The molecule has 7 atom stereocenters. The zero-order valence-electron chi connectivity index (χ0n) is 21.8. The fourth-order valence-corrected chi connectivity index (χ4v) is 9.09. The van der Waals surface area contributed by atoms with Gasteiger partial charge in [-0.25, -0.2) is 0 Å². The van der Waals surface area contributed by atoms with Crippen molar-refractivity contribution in [1.29, 1.82) is 0 Å². The van der Waals surface area contributed by atoms with Gasteiger partial charge in [0.25, 0.3) is 0 Å². The number of allylic oxidation sites excluding steroid dienone is 1. The highest BCUT2D eigenvalue weighted by Crippen LogP contribution is 2.66. The molecule has 4 aliphatic rings. The molecule has 0 spiro atoms. The Balaban J connectivity index is 1.39. The lowest BCUT2D eigenvalue weighted by atomic mass is 9.47. The summed E-state index contributed by atoms with van der Waals surface area (Å²) >= 11 is 2.34. The standard InChI is InChI=1S/C30H49IO2/c1-21(2)8-5-6-9-22-12-14-26-25-13-11-23-20-24(33-28(32)10-7-19-31)15-17-30(23,4)27(25)16-18-29(22,26)3/h11,21-22,24-27H,5-10,12-20H2,1-4H3/t22-,24?,25-,26?,27?,29+,30-/m0/s1. The van der Waals surface area contributed by atoms with E-state index in [2.05, 4.69) is 56.4 Å². The van der Waals surface area contributed by atoms with Crippen LogP contribution in [0.2, 0.25) is 0 Å². The topological polar surface area (TPSA) is 26.3 Å². The number of hydrogen-bond acceptors (Lipinski definition) is 2. The molecular formula is C30H49IO2. The van der Waals surface area contributed by atoms with Gasteiger partial charge >= 0.3 is 5.97 Å². The van der Waals surface area contributed by atoms with Crippen LogP contribution in [0, 0.1) is 40.4 Å². The third-order valence-corrected chi connectivity index (χ3v) is 11.4. The van der Waals surface area contributed by atoms with Crippen LogP contribution in [0.4, 0.5) is 0 Å². The molecule has 33 heavy (non-hydrogen) atoms. The van der Waals surface area contributed by atoms with Gasteiger partial charge in [-0.2, -0.15) is 0 Å². The average molecular weight is 569 g/mol. The quantitative estimate of drug-likeness (QED) is 0.0913. The van der Waals surface area contributed by atoms with Crippen LogP contribution in [0.3, 0.4) is 0 Å². The van der Waals surface area contributed by atoms with Crippen molar-refractivity contribution in [3.8, 4) is 0 Å². The molecule has 3 unspecified atom stereocenters. The number of carbonyl (C=O) groups is 1. The molecule has 4 aliphatic carbocycles. The average Bonchev–Trinajstić information content (AvgIpc) is 3.11. The highest BCUT2D eigenvalue weighted by molar-refractivity contribution is 14.1. The molecule has 2 nitrogen and oxygen atoms in total. The van der Waals surface area contributed by atoms with E-state index in [9.17, 15) is 4.79 Å². The van der Waals surface area contributed by atoms with Gasteiger partial charge in [-0.3, -0.25) is 4.79 Å². The number of fused-ring (bicyclic) bond motifs is 5. The van der Waals surface area contributed by atoms with Crippen molar-refractivity contribution < 1.29 is 9.53 Å². The molecule has 0 aromatic rings. The summed E-state index contributed by atoms with van der Waals surface area (Å²) in [5.74, 6) is 4.52. The Morgan fingerprint density at radius 1 is 1.09 bits per heavy atom. The number of rotatable bonds is 9. The van der Waals surface area contributed by atoms with E-state index in [0.717, 1.165) is 53.3 Å². The van der Waals surface area contributed by atoms with Crippen molar-refractivity contribution >= 4 is 28.6 Å². The van der Waals surface area contributed by atoms with E-state index in [1.54, 1.807) is 5.57 Å². The summed E-state index contributed by atoms with van der Waals surface area (Å²) < 4.78 is 6.93. The summed E-state index contributed by atoms with van der Waals surface area (Å²) in [6.45, 7) is 9.99. The van der Waals surface area contributed by atoms with Gasteiger partial charge in [0, 0.05) is 17.3 Å².